The summed E-state index contributed by atoms with van der Waals surface area (Å²) in [6, 6.07) is 10.5. The van der Waals surface area contributed by atoms with E-state index in [2.05, 4.69) is 21.2 Å². The largest absolute Gasteiger partial charge is 0.350 e. The Hall–Kier alpha value is -2.16. The van der Waals surface area contributed by atoms with Gasteiger partial charge in [0.15, 0.2) is 0 Å². The maximum absolute atomic E-state index is 13.0. The predicted octanol–water partition coefficient (Wildman–Crippen LogP) is 4.71. The fourth-order valence-corrected chi connectivity index (χ4v) is 3.88. The molecule has 1 heterocycles. The molecule has 1 aliphatic heterocycles. The van der Waals surface area contributed by atoms with E-state index in [9.17, 15) is 18.8 Å². The summed E-state index contributed by atoms with van der Waals surface area (Å²) in [4.78, 5) is 38.1. The number of imide groups is 1. The molecule has 0 aliphatic carbocycles. The van der Waals surface area contributed by atoms with Crippen LogP contribution in [0.5, 0.6) is 0 Å². The molecular weight excluding hydrogens is 471 g/mol. The number of nitrogens with zero attached hydrogens (tertiary/aromatic N) is 1. The molecule has 0 aromatic heterocycles. The first kappa shape index (κ1) is 20.6. The number of hydrogen-bond acceptors (Lipinski definition) is 4. The molecule has 1 fully saturated rings. The van der Waals surface area contributed by atoms with E-state index in [-0.39, 0.29) is 23.8 Å². The number of nitrogens with one attached hydrogen (secondary N) is 1. The van der Waals surface area contributed by atoms with Crippen molar-refractivity contribution in [2.45, 2.75) is 0 Å². The van der Waals surface area contributed by atoms with E-state index in [1.807, 2.05) is 0 Å². The normalized spacial score (nSPS) is 15.4. The molecule has 9 heteroatoms. The number of carbonyl (C=O) groups excluding carboxylic acids is 3. The van der Waals surface area contributed by atoms with Crippen molar-refractivity contribution in [3.8, 4) is 0 Å². The monoisotopic (exact) mass is 482 g/mol. The van der Waals surface area contributed by atoms with Gasteiger partial charge in [-0.05, 0) is 53.7 Å². The summed E-state index contributed by atoms with van der Waals surface area (Å²) >= 11 is 10.1. The quantitative estimate of drug-likeness (QED) is 0.626. The number of amides is 3. The van der Waals surface area contributed by atoms with Gasteiger partial charge in [0.1, 0.15) is 5.82 Å². The number of benzene rings is 2. The Balaban J connectivity index is 1.61. The van der Waals surface area contributed by atoms with Crippen LogP contribution in [0.3, 0.4) is 0 Å². The first-order valence-electron chi connectivity index (χ1n) is 8.09. The zero-order valence-electron chi connectivity index (χ0n) is 14.2. The molecule has 3 rings (SSSR count). The lowest BCUT2D eigenvalue weighted by Crippen LogP contribution is -2.37. The van der Waals surface area contributed by atoms with Gasteiger partial charge in [-0.2, -0.15) is 0 Å². The lowest BCUT2D eigenvalue weighted by Gasteiger charge is -2.13. The fourth-order valence-electron chi connectivity index (χ4n) is 2.45. The Bertz CT molecular complexity index is 982. The van der Waals surface area contributed by atoms with Crippen molar-refractivity contribution in [1.82, 2.24) is 10.2 Å². The van der Waals surface area contributed by atoms with Crippen LogP contribution in [0.4, 0.5) is 9.18 Å². The Morgan fingerprint density at radius 1 is 1.21 bits per heavy atom. The number of rotatable bonds is 5. The second-order valence-electron chi connectivity index (χ2n) is 5.76. The van der Waals surface area contributed by atoms with Crippen LogP contribution in [0.25, 0.3) is 6.08 Å². The van der Waals surface area contributed by atoms with Gasteiger partial charge in [0, 0.05) is 17.6 Å². The Morgan fingerprint density at radius 3 is 2.64 bits per heavy atom. The molecule has 3 amide bonds. The average molecular weight is 484 g/mol. The minimum Gasteiger partial charge on any atom is -0.350 e. The summed E-state index contributed by atoms with van der Waals surface area (Å²) < 4.78 is 13.7. The Morgan fingerprint density at radius 2 is 1.93 bits per heavy atom. The van der Waals surface area contributed by atoms with Gasteiger partial charge in [0.05, 0.1) is 15.5 Å². The van der Waals surface area contributed by atoms with Gasteiger partial charge in [0.25, 0.3) is 17.1 Å². The van der Waals surface area contributed by atoms with E-state index in [0.717, 1.165) is 16.7 Å². The molecule has 1 N–H and O–H groups in total. The molecule has 2 aromatic rings. The molecule has 5 nitrogen and oxygen atoms in total. The first-order chi connectivity index (χ1) is 13.3. The van der Waals surface area contributed by atoms with Gasteiger partial charge in [-0.25, -0.2) is 4.39 Å². The third kappa shape index (κ3) is 4.81. The Kier molecular flexibility index (Phi) is 6.53. The molecule has 144 valence electrons. The van der Waals surface area contributed by atoms with E-state index in [1.165, 1.54) is 30.3 Å². The average Bonchev–Trinajstić information content (AvgIpc) is 2.92. The van der Waals surface area contributed by atoms with Gasteiger partial charge in [-0.1, -0.05) is 39.7 Å². The van der Waals surface area contributed by atoms with Crippen molar-refractivity contribution >= 4 is 62.4 Å². The van der Waals surface area contributed by atoms with Gasteiger partial charge in [0.2, 0.25) is 0 Å². The topological polar surface area (TPSA) is 66.5 Å². The van der Waals surface area contributed by atoms with Crippen molar-refractivity contribution in [1.29, 1.82) is 0 Å². The van der Waals surface area contributed by atoms with Crippen molar-refractivity contribution in [2.24, 2.45) is 0 Å². The first-order valence-corrected chi connectivity index (χ1v) is 10.1. The summed E-state index contributed by atoms with van der Waals surface area (Å²) in [6.07, 6.45) is 1.53. The molecule has 2 aromatic carbocycles. The SMILES string of the molecule is O=C(NCCN1C(=O)S/C(=C\c2ccc(F)cc2)C1=O)c1cc(Br)ccc1Cl. The summed E-state index contributed by atoms with van der Waals surface area (Å²) in [7, 11) is 0. The number of hydrogen-bond donors (Lipinski definition) is 1. The van der Waals surface area contributed by atoms with Crippen LogP contribution in [0.1, 0.15) is 15.9 Å². The van der Waals surface area contributed by atoms with Crippen molar-refractivity contribution in [3.05, 3.63) is 73.8 Å². The van der Waals surface area contributed by atoms with Crippen LogP contribution >= 0.6 is 39.3 Å². The molecular formula is C19H13BrClFN2O3S. The highest BCUT2D eigenvalue weighted by Crippen LogP contribution is 2.32. The molecule has 28 heavy (non-hydrogen) atoms. The molecule has 0 spiro atoms. The van der Waals surface area contributed by atoms with Gasteiger partial charge < -0.3 is 5.32 Å². The molecule has 0 radical (unpaired) electrons. The third-order valence-electron chi connectivity index (χ3n) is 3.84. The Labute approximate surface area is 178 Å². The lowest BCUT2D eigenvalue weighted by molar-refractivity contribution is -0.122. The highest BCUT2D eigenvalue weighted by molar-refractivity contribution is 9.10. The number of halogens is 3. The molecule has 1 aliphatic rings. The minimum atomic E-state index is -0.450. The second-order valence-corrected chi connectivity index (χ2v) is 8.08. The van der Waals surface area contributed by atoms with E-state index in [1.54, 1.807) is 18.2 Å². The van der Waals surface area contributed by atoms with E-state index >= 15 is 0 Å². The summed E-state index contributed by atoms with van der Waals surface area (Å²) in [5, 5.41) is 2.52. The van der Waals surface area contributed by atoms with E-state index < -0.39 is 17.1 Å². The standard InChI is InChI=1S/C19H13BrClFN2O3S/c20-12-3-6-15(21)14(10-12)17(25)23-7-8-24-18(26)16(28-19(24)27)9-11-1-4-13(22)5-2-11/h1-6,9-10H,7-8H2,(H,23,25)/b16-9-. The van der Waals surface area contributed by atoms with Crippen LogP contribution in [-0.4, -0.2) is 35.0 Å². The number of thioether (sulfide) groups is 1. The van der Waals surface area contributed by atoms with Gasteiger partial charge in [-0.15, -0.1) is 0 Å². The maximum Gasteiger partial charge on any atom is 0.293 e. The summed E-state index contributed by atoms with van der Waals surface area (Å²) in [5.41, 5.74) is 0.908. The maximum atomic E-state index is 13.0. The summed E-state index contributed by atoms with van der Waals surface area (Å²) in [5.74, 6) is -1.24. The van der Waals surface area contributed by atoms with Crippen LogP contribution in [0.15, 0.2) is 51.8 Å². The molecule has 0 saturated carbocycles. The van der Waals surface area contributed by atoms with Crippen molar-refractivity contribution < 1.29 is 18.8 Å². The molecule has 1 saturated heterocycles. The van der Waals surface area contributed by atoms with Crippen LogP contribution in [0.2, 0.25) is 5.02 Å². The minimum absolute atomic E-state index is 0.0305. The smallest absolute Gasteiger partial charge is 0.293 e. The second kappa shape index (κ2) is 8.89. The van der Waals surface area contributed by atoms with Gasteiger partial charge in [-0.3, -0.25) is 19.3 Å². The third-order valence-corrected chi connectivity index (χ3v) is 5.57. The molecule has 0 bridgehead atoms. The molecule has 0 atom stereocenters. The van der Waals surface area contributed by atoms with Crippen LogP contribution < -0.4 is 5.32 Å². The number of carbonyl (C=O) groups is 3. The van der Waals surface area contributed by atoms with E-state index in [0.29, 0.717) is 20.6 Å². The zero-order chi connectivity index (χ0) is 20.3. The lowest BCUT2D eigenvalue weighted by atomic mass is 10.2. The van der Waals surface area contributed by atoms with E-state index in [4.69, 9.17) is 11.6 Å². The van der Waals surface area contributed by atoms with Gasteiger partial charge >= 0.3 is 0 Å². The van der Waals surface area contributed by atoms with Crippen molar-refractivity contribution in [2.75, 3.05) is 13.1 Å². The van der Waals surface area contributed by atoms with Crippen LogP contribution in [0, 0.1) is 5.82 Å². The predicted molar refractivity (Wildman–Crippen MR) is 111 cm³/mol. The van der Waals surface area contributed by atoms with Crippen LogP contribution in [-0.2, 0) is 4.79 Å². The fraction of sp³-hybridized carbons (Fsp3) is 0.105. The highest BCUT2D eigenvalue weighted by Gasteiger charge is 2.34. The highest BCUT2D eigenvalue weighted by atomic mass is 79.9. The zero-order valence-corrected chi connectivity index (χ0v) is 17.4. The van der Waals surface area contributed by atoms with Crippen molar-refractivity contribution in [3.63, 3.8) is 0 Å². The molecule has 0 unspecified atom stereocenters. The summed E-state index contributed by atoms with van der Waals surface area (Å²) in [6.45, 7) is 0.117.